The van der Waals surface area contributed by atoms with E-state index in [0.29, 0.717) is 11.4 Å². The molecule has 2 aromatic heterocycles. The van der Waals surface area contributed by atoms with Gasteiger partial charge in [-0.3, -0.25) is 0 Å². The van der Waals surface area contributed by atoms with Gasteiger partial charge < -0.3 is 10.1 Å². The van der Waals surface area contributed by atoms with E-state index in [1.807, 2.05) is 0 Å². The van der Waals surface area contributed by atoms with Crippen LogP contribution in [0.1, 0.15) is 38.5 Å². The number of anilines is 1. The summed E-state index contributed by atoms with van der Waals surface area (Å²) in [5.74, 6) is 0.839. The standard InChI is InChI=1S/C15H22ClN3OS/c1-4-11-9-12-13(18-15(16)19-14(12)21-11)17-7-5-6-8-20-10(2)3/h9-10H,4-8H2,1-3H3,(H,17,18,19). The summed E-state index contributed by atoms with van der Waals surface area (Å²) in [6, 6.07) is 2.15. The van der Waals surface area contributed by atoms with E-state index in [9.17, 15) is 0 Å². The minimum atomic E-state index is 0.302. The second kappa shape index (κ2) is 7.92. The fraction of sp³-hybridized carbons (Fsp3) is 0.600. The Morgan fingerprint density at radius 2 is 2.14 bits per heavy atom. The van der Waals surface area contributed by atoms with Gasteiger partial charge in [0.05, 0.1) is 11.5 Å². The number of aromatic nitrogens is 2. The molecular weight excluding hydrogens is 306 g/mol. The highest BCUT2D eigenvalue weighted by Crippen LogP contribution is 2.30. The van der Waals surface area contributed by atoms with Crippen molar-refractivity contribution in [1.82, 2.24) is 9.97 Å². The number of aryl methyl sites for hydroxylation is 1. The van der Waals surface area contributed by atoms with Crippen molar-refractivity contribution >= 4 is 39.0 Å². The molecule has 2 rings (SSSR count). The first-order valence-corrected chi connectivity index (χ1v) is 8.61. The molecule has 2 heterocycles. The molecule has 0 saturated heterocycles. The van der Waals surface area contributed by atoms with Crippen LogP contribution in [0.2, 0.25) is 5.28 Å². The number of halogens is 1. The molecule has 0 bridgehead atoms. The van der Waals surface area contributed by atoms with Crippen molar-refractivity contribution in [1.29, 1.82) is 0 Å². The van der Waals surface area contributed by atoms with E-state index in [1.165, 1.54) is 4.88 Å². The normalized spacial score (nSPS) is 11.5. The number of hydrogen-bond acceptors (Lipinski definition) is 5. The van der Waals surface area contributed by atoms with Crippen molar-refractivity contribution in [3.8, 4) is 0 Å². The predicted octanol–water partition coefficient (Wildman–Crippen LogP) is 4.52. The number of nitrogens with one attached hydrogen (secondary N) is 1. The number of unbranched alkanes of at least 4 members (excludes halogenated alkanes) is 1. The fourth-order valence-corrected chi connectivity index (χ4v) is 3.19. The molecule has 0 aliphatic carbocycles. The van der Waals surface area contributed by atoms with Crippen molar-refractivity contribution in [2.45, 2.75) is 46.1 Å². The zero-order chi connectivity index (χ0) is 15.2. The molecule has 4 nitrogen and oxygen atoms in total. The lowest BCUT2D eigenvalue weighted by molar-refractivity contribution is 0.0765. The lowest BCUT2D eigenvalue weighted by Crippen LogP contribution is -2.08. The maximum atomic E-state index is 6.00. The van der Waals surface area contributed by atoms with Crippen LogP contribution in [-0.2, 0) is 11.2 Å². The van der Waals surface area contributed by atoms with E-state index in [4.69, 9.17) is 16.3 Å². The quantitative estimate of drug-likeness (QED) is 0.572. The Morgan fingerprint density at radius 3 is 2.86 bits per heavy atom. The summed E-state index contributed by atoms with van der Waals surface area (Å²) in [6.07, 6.45) is 3.39. The number of rotatable bonds is 8. The minimum absolute atomic E-state index is 0.302. The van der Waals surface area contributed by atoms with E-state index in [-0.39, 0.29) is 0 Å². The Balaban J connectivity index is 1.93. The molecule has 116 valence electrons. The monoisotopic (exact) mass is 327 g/mol. The van der Waals surface area contributed by atoms with Gasteiger partial charge in [-0.1, -0.05) is 6.92 Å². The third-order valence-corrected chi connectivity index (χ3v) is 4.42. The first-order valence-electron chi connectivity index (χ1n) is 7.41. The van der Waals surface area contributed by atoms with Gasteiger partial charge in [-0.2, -0.15) is 0 Å². The van der Waals surface area contributed by atoms with Crippen LogP contribution in [0.5, 0.6) is 0 Å². The lowest BCUT2D eigenvalue weighted by atomic mass is 10.3. The van der Waals surface area contributed by atoms with E-state index in [2.05, 4.69) is 42.1 Å². The van der Waals surface area contributed by atoms with Gasteiger partial charge in [-0.15, -0.1) is 11.3 Å². The highest BCUT2D eigenvalue weighted by atomic mass is 35.5. The van der Waals surface area contributed by atoms with Crippen molar-refractivity contribution in [3.63, 3.8) is 0 Å². The van der Waals surface area contributed by atoms with E-state index < -0.39 is 0 Å². The summed E-state index contributed by atoms with van der Waals surface area (Å²) in [5.41, 5.74) is 0. The average molecular weight is 328 g/mol. The minimum Gasteiger partial charge on any atom is -0.379 e. The lowest BCUT2D eigenvalue weighted by Gasteiger charge is -2.09. The van der Waals surface area contributed by atoms with Crippen LogP contribution >= 0.6 is 22.9 Å². The molecule has 21 heavy (non-hydrogen) atoms. The van der Waals surface area contributed by atoms with Crippen LogP contribution in [0.15, 0.2) is 6.07 Å². The topological polar surface area (TPSA) is 47.0 Å². The Labute approximate surface area is 134 Å². The third kappa shape index (κ3) is 4.80. The van der Waals surface area contributed by atoms with Crippen LogP contribution in [0.25, 0.3) is 10.2 Å². The number of ether oxygens (including phenoxy) is 1. The molecule has 6 heteroatoms. The molecule has 0 fully saturated rings. The van der Waals surface area contributed by atoms with Gasteiger partial charge in [0, 0.05) is 18.0 Å². The maximum Gasteiger partial charge on any atom is 0.225 e. The Hall–Kier alpha value is -0.910. The van der Waals surface area contributed by atoms with Crippen LogP contribution < -0.4 is 5.32 Å². The van der Waals surface area contributed by atoms with Gasteiger partial charge in [-0.05, 0) is 50.8 Å². The molecule has 0 aromatic carbocycles. The molecule has 0 spiro atoms. The van der Waals surface area contributed by atoms with Crippen LogP contribution in [0, 0.1) is 0 Å². The van der Waals surface area contributed by atoms with Gasteiger partial charge in [0.2, 0.25) is 5.28 Å². The van der Waals surface area contributed by atoms with Crippen molar-refractivity contribution in [2.75, 3.05) is 18.5 Å². The highest BCUT2D eigenvalue weighted by molar-refractivity contribution is 7.18. The molecule has 0 saturated carbocycles. The fourth-order valence-electron chi connectivity index (χ4n) is 2.01. The van der Waals surface area contributed by atoms with Crippen molar-refractivity contribution < 1.29 is 4.74 Å². The van der Waals surface area contributed by atoms with Crippen LogP contribution in [-0.4, -0.2) is 29.2 Å². The molecule has 1 N–H and O–H groups in total. The van der Waals surface area contributed by atoms with Gasteiger partial charge in [0.1, 0.15) is 10.6 Å². The zero-order valence-corrected chi connectivity index (χ0v) is 14.4. The summed E-state index contributed by atoms with van der Waals surface area (Å²) in [7, 11) is 0. The van der Waals surface area contributed by atoms with Gasteiger partial charge >= 0.3 is 0 Å². The third-order valence-electron chi connectivity index (χ3n) is 3.08. The summed E-state index contributed by atoms with van der Waals surface area (Å²) < 4.78 is 5.53. The first kappa shape index (κ1) is 16.5. The second-order valence-corrected chi connectivity index (χ2v) is 6.63. The summed E-state index contributed by atoms with van der Waals surface area (Å²) in [6.45, 7) is 7.92. The molecule has 0 atom stereocenters. The molecular formula is C15H22ClN3OS. The second-order valence-electron chi connectivity index (χ2n) is 5.18. The molecule has 0 unspecified atom stereocenters. The smallest absolute Gasteiger partial charge is 0.225 e. The average Bonchev–Trinajstić information content (AvgIpc) is 2.85. The Bertz CT molecular complexity index is 586. The zero-order valence-electron chi connectivity index (χ0n) is 12.8. The van der Waals surface area contributed by atoms with E-state index >= 15 is 0 Å². The van der Waals surface area contributed by atoms with Crippen molar-refractivity contribution in [3.05, 3.63) is 16.2 Å². The Kier molecular flexibility index (Phi) is 6.21. The summed E-state index contributed by atoms with van der Waals surface area (Å²) >= 11 is 7.68. The maximum absolute atomic E-state index is 6.00. The molecule has 0 aliphatic rings. The number of fused-ring (bicyclic) bond motifs is 1. The van der Waals surface area contributed by atoms with Gasteiger partial charge in [-0.25, -0.2) is 9.97 Å². The van der Waals surface area contributed by atoms with E-state index in [0.717, 1.165) is 48.4 Å². The number of thiophene rings is 1. The van der Waals surface area contributed by atoms with Crippen LogP contribution in [0.3, 0.4) is 0 Å². The summed E-state index contributed by atoms with van der Waals surface area (Å²) in [5, 5.41) is 4.74. The molecule has 0 amide bonds. The SMILES string of the molecule is CCc1cc2c(NCCCCOC(C)C)nc(Cl)nc2s1. The molecule has 0 radical (unpaired) electrons. The largest absolute Gasteiger partial charge is 0.379 e. The molecule has 2 aromatic rings. The van der Waals surface area contributed by atoms with Gasteiger partial charge in [0.15, 0.2) is 0 Å². The van der Waals surface area contributed by atoms with E-state index in [1.54, 1.807) is 11.3 Å². The number of hydrogen-bond donors (Lipinski definition) is 1. The Morgan fingerprint density at radius 1 is 1.33 bits per heavy atom. The van der Waals surface area contributed by atoms with Crippen LogP contribution in [0.4, 0.5) is 5.82 Å². The highest BCUT2D eigenvalue weighted by Gasteiger charge is 2.10. The first-order chi connectivity index (χ1) is 10.1. The molecule has 0 aliphatic heterocycles. The predicted molar refractivity (Wildman–Crippen MR) is 90.6 cm³/mol. The van der Waals surface area contributed by atoms with Crippen molar-refractivity contribution in [2.24, 2.45) is 0 Å². The summed E-state index contributed by atoms with van der Waals surface area (Å²) in [4.78, 5) is 10.9. The van der Waals surface area contributed by atoms with Gasteiger partial charge in [0.25, 0.3) is 0 Å². The number of nitrogens with zero attached hydrogens (tertiary/aromatic N) is 2.